The summed E-state index contributed by atoms with van der Waals surface area (Å²) in [5, 5.41) is 7.69. The summed E-state index contributed by atoms with van der Waals surface area (Å²) in [5.41, 5.74) is -0.523. The normalized spacial score (nSPS) is 17.7. The lowest BCUT2D eigenvalue weighted by atomic mass is 10.1. The molecule has 0 unspecified atom stereocenters. The van der Waals surface area contributed by atoms with Crippen molar-refractivity contribution in [1.82, 2.24) is 0 Å². The topological polar surface area (TPSA) is 96.5 Å². The first kappa shape index (κ1) is 32.3. The van der Waals surface area contributed by atoms with Crippen molar-refractivity contribution >= 4 is 92.8 Å². The summed E-state index contributed by atoms with van der Waals surface area (Å²) in [6, 6.07) is 10.8. The van der Waals surface area contributed by atoms with E-state index in [1.165, 1.54) is 25.1 Å². The molecule has 1 aliphatic rings. The van der Waals surface area contributed by atoms with E-state index >= 15 is 4.39 Å². The van der Waals surface area contributed by atoms with Crippen LogP contribution in [0.3, 0.4) is 0 Å². The molecule has 3 aromatic carbocycles. The van der Waals surface area contributed by atoms with Gasteiger partial charge in [0.2, 0.25) is 5.91 Å². The van der Waals surface area contributed by atoms with Crippen molar-refractivity contribution in [2.24, 2.45) is 5.92 Å². The molecule has 4 rings (SSSR count). The van der Waals surface area contributed by atoms with Gasteiger partial charge in [-0.2, -0.15) is 0 Å². The molecule has 0 heterocycles. The van der Waals surface area contributed by atoms with E-state index in [1.807, 2.05) is 0 Å². The Morgan fingerprint density at radius 1 is 0.929 bits per heavy atom. The van der Waals surface area contributed by atoms with Crippen molar-refractivity contribution in [2.45, 2.75) is 30.2 Å². The van der Waals surface area contributed by atoms with Gasteiger partial charge in [-0.3, -0.25) is 14.4 Å². The van der Waals surface area contributed by atoms with Crippen LogP contribution in [-0.4, -0.2) is 34.8 Å². The van der Waals surface area contributed by atoms with Gasteiger partial charge in [0, 0.05) is 18.2 Å². The molecule has 1 saturated carbocycles. The summed E-state index contributed by atoms with van der Waals surface area (Å²) in [6.45, 7) is 3.30. The molecule has 0 saturated heterocycles. The van der Waals surface area contributed by atoms with Crippen molar-refractivity contribution < 1.29 is 27.9 Å². The molecule has 0 bridgehead atoms. The third-order valence-electron chi connectivity index (χ3n) is 6.49. The van der Waals surface area contributed by atoms with Gasteiger partial charge >= 0.3 is 0 Å². The minimum Gasteiger partial charge on any atom is -0.369 e. The predicted octanol–water partition coefficient (Wildman–Crippen LogP) is 8.07. The van der Waals surface area contributed by atoms with Crippen LogP contribution in [0.25, 0.3) is 0 Å². The molecule has 7 nitrogen and oxygen atoms in total. The molecular formula is C28H22Cl5F2N3O4. The number of ether oxygens (including phenoxy) is 1. The molecule has 1 aliphatic carbocycles. The third kappa shape index (κ3) is 6.77. The van der Waals surface area contributed by atoms with Gasteiger partial charge in [0.15, 0.2) is 5.82 Å². The Kier molecular flexibility index (Phi) is 9.92. The smallest absolute Gasteiger partial charge is 0.257 e. The molecule has 1 fully saturated rings. The maximum absolute atomic E-state index is 15.1. The molecule has 3 atom stereocenters. The second-order valence-corrected chi connectivity index (χ2v) is 12.0. The fourth-order valence-corrected chi connectivity index (χ4v) is 5.61. The number of carbonyl (C=O) groups is 3. The lowest BCUT2D eigenvalue weighted by Gasteiger charge is -2.15. The maximum Gasteiger partial charge on any atom is 0.257 e. The number of benzene rings is 3. The van der Waals surface area contributed by atoms with Crippen LogP contribution in [-0.2, 0) is 14.3 Å². The highest BCUT2D eigenvalue weighted by Gasteiger charge is 2.67. The van der Waals surface area contributed by atoms with Crippen LogP contribution in [0, 0.1) is 17.6 Å². The van der Waals surface area contributed by atoms with E-state index in [4.69, 9.17) is 62.7 Å². The van der Waals surface area contributed by atoms with Gasteiger partial charge in [0.1, 0.15) is 21.9 Å². The summed E-state index contributed by atoms with van der Waals surface area (Å²) in [4.78, 5) is 38.3. The van der Waals surface area contributed by atoms with E-state index in [-0.39, 0.29) is 27.9 Å². The number of hydrogen-bond donors (Lipinski definition) is 3. The van der Waals surface area contributed by atoms with Crippen molar-refractivity contribution in [3.05, 3.63) is 86.4 Å². The van der Waals surface area contributed by atoms with E-state index in [1.54, 1.807) is 25.1 Å². The monoisotopic (exact) mass is 677 g/mol. The first-order chi connectivity index (χ1) is 19.8. The Balaban J connectivity index is 1.50. The Morgan fingerprint density at radius 3 is 2.29 bits per heavy atom. The van der Waals surface area contributed by atoms with Crippen LogP contribution >= 0.6 is 58.0 Å². The van der Waals surface area contributed by atoms with E-state index in [0.29, 0.717) is 10.6 Å². The van der Waals surface area contributed by atoms with Gasteiger partial charge < -0.3 is 20.7 Å². The molecular weight excluding hydrogens is 658 g/mol. The second-order valence-electron chi connectivity index (χ2n) is 9.31. The second kappa shape index (κ2) is 12.9. The SMILES string of the molecule is CCO[C@H](C)C(=O)Nc1c(F)ccc(NC(=O)c2cc(NC(=O)[C@H]3[C@H](c4ccc(Cl)c(Cl)c4)C3(Cl)Cl)ccc2Cl)c1F. The zero-order valence-electron chi connectivity index (χ0n) is 21.8. The van der Waals surface area contributed by atoms with Crippen molar-refractivity contribution in [2.75, 3.05) is 22.6 Å². The quantitative estimate of drug-likeness (QED) is 0.199. The fourth-order valence-electron chi connectivity index (χ4n) is 4.27. The molecule has 0 aliphatic heterocycles. The number of alkyl halides is 2. The van der Waals surface area contributed by atoms with Crippen molar-refractivity contribution in [3.8, 4) is 0 Å². The number of amides is 3. The number of hydrogen-bond acceptors (Lipinski definition) is 4. The fraction of sp³-hybridized carbons (Fsp3) is 0.250. The summed E-state index contributed by atoms with van der Waals surface area (Å²) in [6.07, 6.45) is -0.971. The highest BCUT2D eigenvalue weighted by molar-refractivity contribution is 6.53. The van der Waals surface area contributed by atoms with Crippen LogP contribution in [0.5, 0.6) is 0 Å². The van der Waals surface area contributed by atoms with E-state index in [9.17, 15) is 18.8 Å². The highest BCUT2D eigenvalue weighted by atomic mass is 35.5. The van der Waals surface area contributed by atoms with E-state index < -0.39 is 63.0 Å². The predicted molar refractivity (Wildman–Crippen MR) is 161 cm³/mol. The standard InChI is InChI=1S/C28H22Cl5F2N3O4/c1-3-42-12(2)25(39)38-24-19(34)8-9-20(23(24)35)37-26(40)15-11-14(5-7-16(15)29)36-27(41)22-21(28(22,32)33)13-4-6-17(30)18(31)10-13/h4-12,21-22H,3H2,1-2H3,(H,36,41)(H,37,40)(H,38,39)/t12-,21+,22-/m1/s1. The lowest BCUT2D eigenvalue weighted by Crippen LogP contribution is -2.28. The molecule has 3 amide bonds. The Hall–Kier alpha value is -2.66. The average Bonchev–Trinajstić information content (AvgIpc) is 3.52. The maximum atomic E-state index is 15.1. The first-order valence-corrected chi connectivity index (χ1v) is 14.3. The highest BCUT2D eigenvalue weighted by Crippen LogP contribution is 2.65. The van der Waals surface area contributed by atoms with Crippen molar-refractivity contribution in [1.29, 1.82) is 0 Å². The number of nitrogens with one attached hydrogen (secondary N) is 3. The van der Waals surface area contributed by atoms with Gasteiger partial charge in [-0.15, -0.1) is 23.2 Å². The van der Waals surface area contributed by atoms with Crippen LogP contribution < -0.4 is 16.0 Å². The Bertz CT molecular complexity index is 1570. The largest absolute Gasteiger partial charge is 0.369 e. The lowest BCUT2D eigenvalue weighted by molar-refractivity contribution is -0.126. The molecule has 222 valence electrons. The number of rotatable bonds is 9. The molecule has 42 heavy (non-hydrogen) atoms. The van der Waals surface area contributed by atoms with Crippen LogP contribution in [0.2, 0.25) is 15.1 Å². The molecule has 3 N–H and O–H groups in total. The molecule has 0 radical (unpaired) electrons. The van der Waals surface area contributed by atoms with Crippen LogP contribution in [0.1, 0.15) is 35.7 Å². The van der Waals surface area contributed by atoms with Crippen molar-refractivity contribution in [3.63, 3.8) is 0 Å². The van der Waals surface area contributed by atoms with Crippen LogP contribution in [0.4, 0.5) is 25.8 Å². The Labute approximate surface area is 264 Å². The van der Waals surface area contributed by atoms with Gasteiger partial charge in [0.05, 0.1) is 32.2 Å². The van der Waals surface area contributed by atoms with Gasteiger partial charge in [0.25, 0.3) is 11.8 Å². The first-order valence-electron chi connectivity index (χ1n) is 12.4. The summed E-state index contributed by atoms with van der Waals surface area (Å²) in [7, 11) is 0. The zero-order valence-corrected chi connectivity index (χ0v) is 25.6. The number of anilines is 3. The minimum absolute atomic E-state index is 0.0174. The molecule has 3 aromatic rings. The summed E-state index contributed by atoms with van der Waals surface area (Å²) in [5.74, 6) is -5.87. The minimum atomic E-state index is -1.42. The van der Waals surface area contributed by atoms with Gasteiger partial charge in [-0.1, -0.05) is 40.9 Å². The molecule has 0 aromatic heterocycles. The zero-order chi connectivity index (χ0) is 30.9. The van der Waals surface area contributed by atoms with Gasteiger partial charge in [-0.05, 0) is 61.9 Å². The molecule has 0 spiro atoms. The van der Waals surface area contributed by atoms with E-state index in [0.717, 1.165) is 12.1 Å². The molecule has 14 heteroatoms. The van der Waals surface area contributed by atoms with E-state index in [2.05, 4.69) is 16.0 Å². The number of halogens is 7. The van der Waals surface area contributed by atoms with Gasteiger partial charge in [-0.25, -0.2) is 8.78 Å². The summed E-state index contributed by atoms with van der Waals surface area (Å²) >= 11 is 31.1. The Morgan fingerprint density at radius 2 is 1.62 bits per heavy atom. The summed E-state index contributed by atoms with van der Waals surface area (Å²) < 4.78 is 33.2. The van der Waals surface area contributed by atoms with Crippen LogP contribution in [0.15, 0.2) is 48.5 Å². The average molecular weight is 680 g/mol. The third-order valence-corrected chi connectivity index (χ3v) is 8.50. The number of carbonyl (C=O) groups excluding carboxylic acids is 3.